The average Bonchev–Trinajstić information content (AvgIpc) is 2.32. The van der Waals surface area contributed by atoms with Crippen molar-refractivity contribution in [3.63, 3.8) is 0 Å². The molecule has 1 aromatic heterocycles. The molecule has 100 valence electrons. The lowest BCUT2D eigenvalue weighted by Gasteiger charge is -2.34. The van der Waals surface area contributed by atoms with Crippen molar-refractivity contribution in [3.8, 4) is 0 Å². The summed E-state index contributed by atoms with van der Waals surface area (Å²) >= 11 is 0. The minimum Gasteiger partial charge on any atom is -0.333 e. The number of carbonyl (C=O) groups excluding carboxylic acids is 1. The van der Waals surface area contributed by atoms with Crippen LogP contribution < -0.4 is 10.9 Å². The number of nitrogens with zero attached hydrogens (tertiary/aromatic N) is 2. The molecule has 1 saturated heterocycles. The molecule has 1 atom stereocenters. The van der Waals surface area contributed by atoms with E-state index in [-0.39, 0.29) is 29.9 Å². The van der Waals surface area contributed by atoms with Gasteiger partial charge in [0.15, 0.2) is 0 Å². The van der Waals surface area contributed by atoms with E-state index in [1.54, 1.807) is 19.3 Å². The molecular formula is C12H18ClN3O2. The zero-order valence-electron chi connectivity index (χ0n) is 10.5. The molecular weight excluding hydrogens is 254 g/mol. The maximum Gasteiger partial charge on any atom is 0.255 e. The summed E-state index contributed by atoms with van der Waals surface area (Å²) in [5, 5.41) is 3.24. The van der Waals surface area contributed by atoms with E-state index in [1.807, 2.05) is 11.8 Å². The van der Waals surface area contributed by atoms with E-state index in [1.165, 1.54) is 10.6 Å². The fraction of sp³-hybridized carbons (Fsp3) is 0.500. The van der Waals surface area contributed by atoms with Gasteiger partial charge < -0.3 is 14.8 Å². The van der Waals surface area contributed by atoms with Gasteiger partial charge in [0.2, 0.25) is 5.56 Å². The molecule has 6 heteroatoms. The number of aromatic nitrogens is 1. The first-order valence-electron chi connectivity index (χ1n) is 5.78. The van der Waals surface area contributed by atoms with Crippen molar-refractivity contribution in [2.24, 2.45) is 7.05 Å². The van der Waals surface area contributed by atoms with Crippen molar-refractivity contribution in [3.05, 3.63) is 34.2 Å². The molecule has 1 amide bonds. The molecule has 0 aromatic carbocycles. The highest BCUT2D eigenvalue weighted by Gasteiger charge is 2.24. The monoisotopic (exact) mass is 271 g/mol. The van der Waals surface area contributed by atoms with Crippen LogP contribution in [0.5, 0.6) is 0 Å². The molecule has 18 heavy (non-hydrogen) atoms. The highest BCUT2D eigenvalue weighted by Crippen LogP contribution is 2.08. The van der Waals surface area contributed by atoms with Crippen LogP contribution in [0.1, 0.15) is 17.3 Å². The summed E-state index contributed by atoms with van der Waals surface area (Å²) in [6, 6.07) is 3.22. The van der Waals surface area contributed by atoms with Crippen LogP contribution in [-0.2, 0) is 7.05 Å². The lowest BCUT2D eigenvalue weighted by Crippen LogP contribution is -2.52. The van der Waals surface area contributed by atoms with E-state index in [2.05, 4.69) is 5.32 Å². The molecule has 1 fully saturated rings. The summed E-state index contributed by atoms with van der Waals surface area (Å²) in [5.74, 6) is -0.00500. The Morgan fingerprint density at radius 1 is 1.44 bits per heavy atom. The lowest BCUT2D eigenvalue weighted by molar-refractivity contribution is 0.0655. The third kappa shape index (κ3) is 2.91. The number of hydrogen-bond acceptors (Lipinski definition) is 3. The molecule has 0 bridgehead atoms. The zero-order valence-corrected chi connectivity index (χ0v) is 11.4. The summed E-state index contributed by atoms with van der Waals surface area (Å²) in [6.45, 7) is 4.37. The molecule has 0 aliphatic carbocycles. The van der Waals surface area contributed by atoms with Crippen molar-refractivity contribution in [1.82, 2.24) is 14.8 Å². The van der Waals surface area contributed by atoms with Gasteiger partial charge in [-0.25, -0.2) is 0 Å². The van der Waals surface area contributed by atoms with Crippen LogP contribution in [0.2, 0.25) is 0 Å². The van der Waals surface area contributed by atoms with E-state index in [9.17, 15) is 9.59 Å². The first kappa shape index (κ1) is 14.7. The molecule has 0 saturated carbocycles. The van der Waals surface area contributed by atoms with Crippen molar-refractivity contribution < 1.29 is 4.79 Å². The second-order valence-corrected chi connectivity index (χ2v) is 4.42. The quantitative estimate of drug-likeness (QED) is 0.796. The summed E-state index contributed by atoms with van der Waals surface area (Å²) < 4.78 is 1.43. The number of carbonyl (C=O) groups is 1. The Morgan fingerprint density at radius 3 is 2.78 bits per heavy atom. The minimum atomic E-state index is -0.102. The number of nitrogens with one attached hydrogen (secondary N) is 1. The van der Waals surface area contributed by atoms with E-state index in [0.717, 1.165) is 13.1 Å². The fourth-order valence-corrected chi connectivity index (χ4v) is 2.03. The Bertz CT molecular complexity index is 486. The number of amides is 1. The van der Waals surface area contributed by atoms with Crippen LogP contribution in [-0.4, -0.2) is 41.1 Å². The third-order valence-corrected chi connectivity index (χ3v) is 3.09. The maximum absolute atomic E-state index is 12.3. The number of piperazine rings is 1. The van der Waals surface area contributed by atoms with Gasteiger partial charge >= 0.3 is 0 Å². The molecule has 5 nitrogen and oxygen atoms in total. The van der Waals surface area contributed by atoms with Crippen molar-refractivity contribution in [2.75, 3.05) is 19.6 Å². The van der Waals surface area contributed by atoms with Gasteiger partial charge in [0.25, 0.3) is 5.91 Å². The first-order chi connectivity index (χ1) is 8.09. The predicted molar refractivity (Wildman–Crippen MR) is 72.3 cm³/mol. The van der Waals surface area contributed by atoms with Crippen LogP contribution in [0, 0.1) is 0 Å². The Hall–Kier alpha value is -1.33. The molecule has 0 unspecified atom stereocenters. The number of pyridine rings is 1. The molecule has 0 radical (unpaired) electrons. The first-order valence-corrected chi connectivity index (χ1v) is 5.78. The molecule has 1 aromatic rings. The van der Waals surface area contributed by atoms with Crippen LogP contribution in [0.3, 0.4) is 0 Å². The molecule has 1 aliphatic rings. The van der Waals surface area contributed by atoms with Gasteiger partial charge in [0, 0.05) is 45.0 Å². The van der Waals surface area contributed by atoms with Crippen LogP contribution in [0.25, 0.3) is 0 Å². The van der Waals surface area contributed by atoms with Crippen molar-refractivity contribution >= 4 is 18.3 Å². The van der Waals surface area contributed by atoms with Gasteiger partial charge in [0.1, 0.15) is 0 Å². The maximum atomic E-state index is 12.3. The topological polar surface area (TPSA) is 54.3 Å². The molecule has 2 rings (SSSR count). The van der Waals surface area contributed by atoms with Gasteiger partial charge in [0.05, 0.1) is 5.56 Å². The molecule has 1 N–H and O–H groups in total. The van der Waals surface area contributed by atoms with Crippen LogP contribution in [0.4, 0.5) is 0 Å². The Kier molecular flexibility index (Phi) is 4.93. The van der Waals surface area contributed by atoms with Gasteiger partial charge in [-0.05, 0) is 13.0 Å². The molecule has 0 spiro atoms. The smallest absolute Gasteiger partial charge is 0.255 e. The second-order valence-electron chi connectivity index (χ2n) is 4.42. The van der Waals surface area contributed by atoms with E-state index in [0.29, 0.717) is 12.1 Å². The summed E-state index contributed by atoms with van der Waals surface area (Å²) in [6.07, 6.45) is 1.60. The Labute approximate surface area is 112 Å². The van der Waals surface area contributed by atoms with Crippen molar-refractivity contribution in [1.29, 1.82) is 0 Å². The minimum absolute atomic E-state index is 0. The van der Waals surface area contributed by atoms with Gasteiger partial charge in [-0.3, -0.25) is 9.59 Å². The Morgan fingerprint density at radius 2 is 2.17 bits per heavy atom. The number of hydrogen-bond donors (Lipinski definition) is 1. The molecule has 1 aliphatic heterocycles. The van der Waals surface area contributed by atoms with Gasteiger partial charge in [-0.15, -0.1) is 12.4 Å². The summed E-state index contributed by atoms with van der Waals surface area (Å²) in [5.41, 5.74) is 0.468. The highest BCUT2D eigenvalue weighted by molar-refractivity contribution is 5.94. The zero-order chi connectivity index (χ0) is 12.4. The average molecular weight is 272 g/mol. The van der Waals surface area contributed by atoms with E-state index < -0.39 is 0 Å². The van der Waals surface area contributed by atoms with Crippen LogP contribution in [0.15, 0.2) is 23.1 Å². The molecule has 2 heterocycles. The van der Waals surface area contributed by atoms with E-state index >= 15 is 0 Å². The number of halogens is 1. The third-order valence-electron chi connectivity index (χ3n) is 3.09. The fourth-order valence-electron chi connectivity index (χ4n) is 2.03. The standard InChI is InChI=1S/C12H17N3O2.ClH/c1-9-7-13-5-6-15(9)12(17)10-3-4-11(16)14(2)8-10;/h3-4,8-9,13H,5-7H2,1-2H3;1H/t9-;/m1./s1. The van der Waals surface area contributed by atoms with Gasteiger partial charge in [-0.2, -0.15) is 0 Å². The van der Waals surface area contributed by atoms with Crippen molar-refractivity contribution in [2.45, 2.75) is 13.0 Å². The second kappa shape index (κ2) is 6.02. The Balaban J connectivity index is 0.00000162. The van der Waals surface area contributed by atoms with Crippen LogP contribution >= 0.6 is 12.4 Å². The lowest BCUT2D eigenvalue weighted by atomic mass is 10.1. The highest BCUT2D eigenvalue weighted by atomic mass is 35.5. The SMILES string of the molecule is C[C@@H]1CNCCN1C(=O)c1ccc(=O)n(C)c1.Cl. The van der Waals surface area contributed by atoms with Gasteiger partial charge in [-0.1, -0.05) is 0 Å². The largest absolute Gasteiger partial charge is 0.333 e. The number of aryl methyl sites for hydroxylation is 1. The predicted octanol–water partition coefficient (Wildman–Crippen LogP) is 0.241. The summed E-state index contributed by atoms with van der Waals surface area (Å²) in [4.78, 5) is 25.4. The normalized spacial score (nSPS) is 19.2. The van der Waals surface area contributed by atoms with E-state index in [4.69, 9.17) is 0 Å². The number of rotatable bonds is 1. The summed E-state index contributed by atoms with van der Waals surface area (Å²) in [7, 11) is 1.65.